The third kappa shape index (κ3) is 3.67. The Hall–Kier alpha value is -3.02. The maximum Gasteiger partial charge on any atom is 0.419 e. The van der Waals surface area contributed by atoms with Crippen molar-refractivity contribution in [1.82, 2.24) is 40.5 Å². The van der Waals surface area contributed by atoms with E-state index >= 15 is 0 Å². The van der Waals surface area contributed by atoms with Crippen molar-refractivity contribution in [2.24, 2.45) is 7.05 Å². The highest BCUT2D eigenvalue weighted by atomic mass is 19.4. The molecule has 1 fully saturated rings. The summed E-state index contributed by atoms with van der Waals surface area (Å²) >= 11 is 0. The van der Waals surface area contributed by atoms with Crippen LogP contribution in [-0.2, 0) is 13.2 Å². The minimum Gasteiger partial charge on any atom is -0.358 e. The largest absolute Gasteiger partial charge is 0.419 e. The number of nitrogens with zero attached hydrogens (tertiary/aromatic N) is 6. The van der Waals surface area contributed by atoms with E-state index in [4.69, 9.17) is 0 Å². The second-order valence-corrected chi connectivity index (χ2v) is 6.57. The molecule has 0 spiro atoms. The van der Waals surface area contributed by atoms with Crippen molar-refractivity contribution < 1.29 is 13.2 Å². The van der Waals surface area contributed by atoms with E-state index in [1.807, 2.05) is 0 Å². The summed E-state index contributed by atoms with van der Waals surface area (Å²) in [7, 11) is 1.64. The van der Waals surface area contributed by atoms with Crippen LogP contribution in [0.3, 0.4) is 0 Å². The van der Waals surface area contributed by atoms with Crippen LogP contribution in [0.15, 0.2) is 18.5 Å². The van der Waals surface area contributed by atoms with Gasteiger partial charge in [-0.25, -0.2) is 14.6 Å². The van der Waals surface area contributed by atoms with Crippen molar-refractivity contribution in [3.8, 4) is 22.8 Å². The quantitative estimate of drug-likeness (QED) is 0.621. The molecule has 4 heterocycles. The second kappa shape index (κ2) is 7.19. The van der Waals surface area contributed by atoms with Gasteiger partial charge >= 0.3 is 6.18 Å². The molecule has 28 heavy (non-hydrogen) atoms. The summed E-state index contributed by atoms with van der Waals surface area (Å²) in [5, 5.41) is 17.5. The fraction of sp³-hybridized carbons (Fsp3) is 0.438. The highest BCUT2D eigenvalue weighted by Gasteiger charge is 2.36. The van der Waals surface area contributed by atoms with E-state index in [2.05, 4.69) is 41.1 Å². The summed E-state index contributed by atoms with van der Waals surface area (Å²) in [6.07, 6.45) is -0.423. The van der Waals surface area contributed by atoms with Crippen molar-refractivity contribution in [3.05, 3.63) is 24.0 Å². The van der Waals surface area contributed by atoms with Crippen LogP contribution in [0.25, 0.3) is 22.8 Å². The first kappa shape index (κ1) is 18.3. The zero-order chi connectivity index (χ0) is 19.7. The fourth-order valence-corrected chi connectivity index (χ4v) is 3.15. The Balaban J connectivity index is 1.70. The highest BCUT2D eigenvalue weighted by Crippen LogP contribution is 2.37. The second-order valence-electron chi connectivity index (χ2n) is 6.57. The minimum atomic E-state index is -4.58. The topological polar surface area (TPSA) is 109 Å². The van der Waals surface area contributed by atoms with Gasteiger partial charge in [-0.15, -0.1) is 5.10 Å². The molecule has 0 aliphatic carbocycles. The molecule has 148 valence electrons. The molecule has 3 N–H and O–H groups in total. The molecule has 0 unspecified atom stereocenters. The number of aromatic amines is 1. The molecule has 0 saturated carbocycles. The van der Waals surface area contributed by atoms with Gasteiger partial charge in [0.1, 0.15) is 5.56 Å². The predicted octanol–water partition coefficient (Wildman–Crippen LogP) is 1.84. The number of rotatable bonds is 4. The number of hydrogen-bond donors (Lipinski definition) is 3. The van der Waals surface area contributed by atoms with E-state index in [-0.39, 0.29) is 23.2 Å². The van der Waals surface area contributed by atoms with Crippen molar-refractivity contribution in [1.29, 1.82) is 0 Å². The Morgan fingerprint density at radius 2 is 2.18 bits per heavy atom. The number of piperidine rings is 1. The standard InChI is InChI=1S/C16H18F3N9/c1-28-14(25-26-27-28)12-5-9(6-21-12)13-11(16(17,18)19)8-22-15(24-13)23-10-3-2-4-20-7-10/h5-6,8,10,20-21H,2-4,7H2,1H3,(H,22,23,24)/t10-/m0/s1. The molecule has 3 aromatic heterocycles. The molecular formula is C16H18F3N9. The Bertz CT molecular complexity index is 956. The lowest BCUT2D eigenvalue weighted by atomic mass is 10.1. The Kier molecular flexibility index (Phi) is 4.71. The van der Waals surface area contributed by atoms with Crippen LogP contribution in [0.1, 0.15) is 18.4 Å². The summed E-state index contributed by atoms with van der Waals surface area (Å²) < 4.78 is 42.0. The lowest BCUT2D eigenvalue weighted by Gasteiger charge is -2.24. The molecule has 9 nitrogen and oxygen atoms in total. The normalized spacial score (nSPS) is 17.6. The van der Waals surface area contributed by atoms with E-state index in [9.17, 15) is 13.2 Å². The number of halogens is 3. The number of alkyl halides is 3. The third-order valence-electron chi connectivity index (χ3n) is 4.54. The van der Waals surface area contributed by atoms with Gasteiger partial charge in [0.25, 0.3) is 0 Å². The minimum absolute atomic E-state index is 0.0739. The zero-order valence-corrected chi connectivity index (χ0v) is 15.0. The maximum atomic E-state index is 13.5. The summed E-state index contributed by atoms with van der Waals surface area (Å²) in [5.41, 5.74) is -0.342. The molecular weight excluding hydrogens is 375 g/mol. The molecule has 4 rings (SSSR count). The first-order chi connectivity index (χ1) is 13.4. The van der Waals surface area contributed by atoms with Crippen LogP contribution in [0.5, 0.6) is 0 Å². The lowest BCUT2D eigenvalue weighted by molar-refractivity contribution is -0.137. The molecule has 1 saturated heterocycles. The molecule has 0 amide bonds. The molecule has 0 aromatic carbocycles. The van der Waals surface area contributed by atoms with E-state index in [1.165, 1.54) is 16.9 Å². The van der Waals surface area contributed by atoms with Gasteiger partial charge in [-0.2, -0.15) is 13.2 Å². The van der Waals surface area contributed by atoms with E-state index in [1.54, 1.807) is 7.05 Å². The van der Waals surface area contributed by atoms with E-state index < -0.39 is 11.7 Å². The SMILES string of the molecule is Cn1nnnc1-c1cc(-c2nc(N[C@H]3CCCNC3)ncc2C(F)(F)F)c[nH]1. The number of hydrogen-bond acceptors (Lipinski definition) is 7. The molecule has 1 atom stereocenters. The molecule has 12 heteroatoms. The molecule has 0 radical (unpaired) electrons. The van der Waals surface area contributed by atoms with E-state index in [0.717, 1.165) is 25.6 Å². The van der Waals surface area contributed by atoms with Crippen LogP contribution in [0.2, 0.25) is 0 Å². The monoisotopic (exact) mass is 393 g/mol. The van der Waals surface area contributed by atoms with Crippen LogP contribution in [-0.4, -0.2) is 54.3 Å². The average molecular weight is 393 g/mol. The van der Waals surface area contributed by atoms with Crippen molar-refractivity contribution in [2.75, 3.05) is 18.4 Å². The van der Waals surface area contributed by atoms with Crippen molar-refractivity contribution >= 4 is 5.95 Å². The fourth-order valence-electron chi connectivity index (χ4n) is 3.15. The number of aryl methyl sites for hydroxylation is 1. The Morgan fingerprint density at radius 1 is 1.32 bits per heavy atom. The number of nitrogens with one attached hydrogen (secondary N) is 3. The summed E-state index contributed by atoms with van der Waals surface area (Å²) in [4.78, 5) is 11.0. The van der Waals surface area contributed by atoms with Crippen molar-refractivity contribution in [2.45, 2.75) is 25.1 Å². The number of tetrazole rings is 1. The van der Waals surface area contributed by atoms with Gasteiger partial charge < -0.3 is 15.6 Å². The maximum absolute atomic E-state index is 13.5. The molecule has 1 aliphatic heterocycles. The Morgan fingerprint density at radius 3 is 2.86 bits per heavy atom. The van der Waals surface area contributed by atoms with Crippen molar-refractivity contribution in [3.63, 3.8) is 0 Å². The van der Waals surface area contributed by atoms with Gasteiger partial charge in [-0.3, -0.25) is 0 Å². The first-order valence-electron chi connectivity index (χ1n) is 8.75. The van der Waals surface area contributed by atoms with Gasteiger partial charge in [0.2, 0.25) is 5.95 Å². The summed E-state index contributed by atoms with van der Waals surface area (Å²) in [5.74, 6) is 0.570. The van der Waals surface area contributed by atoms with Crippen LogP contribution in [0.4, 0.5) is 19.1 Å². The first-order valence-corrected chi connectivity index (χ1v) is 8.75. The summed E-state index contributed by atoms with van der Waals surface area (Å²) in [6, 6.07) is 1.61. The predicted molar refractivity (Wildman–Crippen MR) is 94.1 cm³/mol. The molecule has 3 aromatic rings. The van der Waals surface area contributed by atoms with Gasteiger partial charge in [0.15, 0.2) is 5.82 Å². The molecule has 1 aliphatic rings. The third-order valence-corrected chi connectivity index (χ3v) is 4.54. The van der Waals surface area contributed by atoms with Crippen LogP contribution >= 0.6 is 0 Å². The summed E-state index contributed by atoms with van der Waals surface area (Å²) in [6.45, 7) is 1.65. The van der Waals surface area contributed by atoms with Gasteiger partial charge in [0.05, 0.1) is 11.4 Å². The van der Waals surface area contributed by atoms with Gasteiger partial charge in [-0.1, -0.05) is 0 Å². The van der Waals surface area contributed by atoms with E-state index in [0.29, 0.717) is 18.1 Å². The lowest BCUT2D eigenvalue weighted by Crippen LogP contribution is -2.38. The Labute approximate surface area is 157 Å². The zero-order valence-electron chi connectivity index (χ0n) is 15.0. The highest BCUT2D eigenvalue weighted by molar-refractivity contribution is 5.69. The van der Waals surface area contributed by atoms with Crippen LogP contribution in [0, 0.1) is 0 Å². The van der Waals surface area contributed by atoms with Crippen LogP contribution < -0.4 is 10.6 Å². The number of anilines is 1. The molecule has 0 bridgehead atoms. The smallest absolute Gasteiger partial charge is 0.358 e. The number of H-pyrrole nitrogens is 1. The van der Waals surface area contributed by atoms with Gasteiger partial charge in [0, 0.05) is 37.6 Å². The average Bonchev–Trinajstić information content (AvgIpc) is 3.30. The van der Waals surface area contributed by atoms with Gasteiger partial charge in [-0.05, 0) is 35.9 Å². The number of aromatic nitrogens is 7.